The van der Waals surface area contributed by atoms with Gasteiger partial charge in [0, 0.05) is 26.7 Å². The van der Waals surface area contributed by atoms with Crippen molar-refractivity contribution in [3.05, 3.63) is 11.4 Å². The van der Waals surface area contributed by atoms with E-state index in [-0.39, 0.29) is 28.7 Å². The van der Waals surface area contributed by atoms with Crippen molar-refractivity contribution < 1.29 is 21.9 Å². The average molecular weight is 366 g/mol. The number of nitrogens with one attached hydrogen (secondary N) is 1. The molecule has 0 unspecified atom stereocenters. The minimum Gasteiger partial charge on any atom is -0.383 e. The van der Waals surface area contributed by atoms with Crippen LogP contribution in [0.2, 0.25) is 0 Å². The summed E-state index contributed by atoms with van der Waals surface area (Å²) in [4.78, 5) is 2.06. The number of likely N-dealkylation sites (tertiary alicyclic amines) is 1. The molecular formula is C14H24F2N4O3S. The Bertz CT molecular complexity index is 663. The Kier molecular flexibility index (Phi) is 6.29. The van der Waals surface area contributed by atoms with Crippen LogP contribution in [-0.2, 0) is 14.8 Å². The molecule has 1 aromatic heterocycles. The standard InChI is InChI=1S/C14H24F2N4O3S/c1-10-13(11(2)20(18-10)14(15)16)24(21,22)17-8-12-4-5-19(9-12)6-7-23-3/h12,14,17H,4-9H2,1-3H3/t12-/m0/s1. The first-order valence-electron chi connectivity index (χ1n) is 7.81. The van der Waals surface area contributed by atoms with E-state index in [9.17, 15) is 17.2 Å². The number of nitrogens with zero attached hydrogens (tertiary/aromatic N) is 3. The van der Waals surface area contributed by atoms with E-state index in [1.54, 1.807) is 7.11 Å². The van der Waals surface area contributed by atoms with Gasteiger partial charge in [-0.05, 0) is 32.7 Å². The number of aromatic nitrogens is 2. The van der Waals surface area contributed by atoms with Crippen LogP contribution in [0, 0.1) is 19.8 Å². The van der Waals surface area contributed by atoms with Crippen molar-refractivity contribution in [3.63, 3.8) is 0 Å². The number of rotatable bonds is 8. The molecule has 0 aliphatic carbocycles. The van der Waals surface area contributed by atoms with Crippen LogP contribution < -0.4 is 4.72 Å². The van der Waals surface area contributed by atoms with Crippen LogP contribution >= 0.6 is 0 Å². The van der Waals surface area contributed by atoms with Crippen LogP contribution in [-0.4, -0.2) is 63.0 Å². The van der Waals surface area contributed by atoms with Crippen molar-refractivity contribution in [2.24, 2.45) is 5.92 Å². The Morgan fingerprint density at radius 2 is 2.12 bits per heavy atom. The van der Waals surface area contributed by atoms with Gasteiger partial charge in [-0.2, -0.15) is 13.9 Å². The minimum atomic E-state index is -3.87. The van der Waals surface area contributed by atoms with Crippen LogP contribution in [0.3, 0.4) is 0 Å². The minimum absolute atomic E-state index is 0.0526. The molecule has 2 heterocycles. The normalized spacial score (nSPS) is 19.5. The molecule has 0 saturated carbocycles. The SMILES string of the molecule is COCCN1CC[C@@H](CNS(=O)(=O)c2c(C)nn(C(F)F)c2C)C1. The van der Waals surface area contributed by atoms with E-state index in [1.165, 1.54) is 13.8 Å². The van der Waals surface area contributed by atoms with Crippen molar-refractivity contribution >= 4 is 10.0 Å². The summed E-state index contributed by atoms with van der Waals surface area (Å²) in [6.07, 6.45) is 0.889. The third kappa shape index (κ3) is 4.29. The van der Waals surface area contributed by atoms with Gasteiger partial charge in [-0.1, -0.05) is 0 Å². The fraction of sp³-hybridized carbons (Fsp3) is 0.786. The Balaban J connectivity index is 2.00. The quantitative estimate of drug-likeness (QED) is 0.747. The number of sulfonamides is 1. The van der Waals surface area contributed by atoms with Gasteiger partial charge in [0.05, 0.1) is 18.0 Å². The lowest BCUT2D eigenvalue weighted by molar-refractivity contribution is 0.0538. The Hall–Kier alpha value is -1.10. The molecule has 2 rings (SSSR count). The Morgan fingerprint density at radius 1 is 1.42 bits per heavy atom. The second-order valence-electron chi connectivity index (χ2n) is 6.02. The fourth-order valence-corrected chi connectivity index (χ4v) is 4.54. The maximum absolute atomic E-state index is 12.9. The van der Waals surface area contributed by atoms with Crippen LogP contribution in [0.15, 0.2) is 4.90 Å². The highest BCUT2D eigenvalue weighted by molar-refractivity contribution is 7.89. The highest BCUT2D eigenvalue weighted by atomic mass is 32.2. The van der Waals surface area contributed by atoms with E-state index >= 15 is 0 Å². The van der Waals surface area contributed by atoms with Crippen LogP contribution in [0.25, 0.3) is 0 Å². The van der Waals surface area contributed by atoms with Crippen molar-refractivity contribution in [1.29, 1.82) is 0 Å². The highest BCUT2D eigenvalue weighted by Gasteiger charge is 2.29. The van der Waals surface area contributed by atoms with Crippen LogP contribution in [0.5, 0.6) is 0 Å². The summed E-state index contributed by atoms with van der Waals surface area (Å²) < 4.78 is 58.7. The molecule has 0 bridgehead atoms. The number of alkyl halides is 2. The molecule has 1 aromatic rings. The molecule has 0 spiro atoms. The molecule has 1 saturated heterocycles. The molecule has 24 heavy (non-hydrogen) atoms. The molecule has 1 N–H and O–H groups in total. The highest BCUT2D eigenvalue weighted by Crippen LogP contribution is 2.24. The molecule has 10 heteroatoms. The van der Waals surface area contributed by atoms with Crippen LogP contribution in [0.1, 0.15) is 24.4 Å². The lowest BCUT2D eigenvalue weighted by Crippen LogP contribution is -2.32. The second kappa shape index (κ2) is 7.85. The van der Waals surface area contributed by atoms with Crippen molar-refractivity contribution in [3.8, 4) is 0 Å². The van der Waals surface area contributed by atoms with E-state index in [2.05, 4.69) is 14.7 Å². The Morgan fingerprint density at radius 3 is 2.71 bits per heavy atom. The smallest absolute Gasteiger partial charge is 0.333 e. The molecule has 1 fully saturated rings. The first-order chi connectivity index (χ1) is 11.3. The van der Waals surface area contributed by atoms with E-state index < -0.39 is 16.6 Å². The monoisotopic (exact) mass is 366 g/mol. The van der Waals surface area contributed by atoms with Crippen molar-refractivity contribution in [1.82, 2.24) is 19.4 Å². The summed E-state index contributed by atoms with van der Waals surface area (Å²) in [7, 11) is -2.22. The second-order valence-corrected chi connectivity index (χ2v) is 7.73. The zero-order valence-electron chi connectivity index (χ0n) is 14.1. The summed E-state index contributed by atoms with van der Waals surface area (Å²) >= 11 is 0. The maximum atomic E-state index is 12.9. The van der Waals surface area contributed by atoms with E-state index in [1.807, 2.05) is 0 Å². The predicted octanol–water partition coefficient (Wildman–Crippen LogP) is 1.14. The van der Waals surface area contributed by atoms with Gasteiger partial charge in [-0.3, -0.25) is 0 Å². The zero-order valence-corrected chi connectivity index (χ0v) is 14.9. The number of aryl methyl sites for hydroxylation is 1. The van der Waals surface area contributed by atoms with Crippen LogP contribution in [0.4, 0.5) is 8.78 Å². The van der Waals surface area contributed by atoms with E-state index in [0.717, 1.165) is 26.1 Å². The third-order valence-corrected chi connectivity index (χ3v) is 5.93. The Labute approximate surface area is 141 Å². The van der Waals surface area contributed by atoms with E-state index in [0.29, 0.717) is 11.3 Å². The molecule has 1 aliphatic rings. The largest absolute Gasteiger partial charge is 0.383 e. The number of halogens is 2. The topological polar surface area (TPSA) is 76.5 Å². The number of hydrogen-bond donors (Lipinski definition) is 1. The summed E-state index contributed by atoms with van der Waals surface area (Å²) in [6.45, 7) is 3.33. The van der Waals surface area contributed by atoms with Gasteiger partial charge in [0.1, 0.15) is 4.90 Å². The molecule has 7 nitrogen and oxygen atoms in total. The summed E-state index contributed by atoms with van der Waals surface area (Å²) in [5, 5.41) is 3.63. The summed E-state index contributed by atoms with van der Waals surface area (Å²) in [5.41, 5.74) is 0.0246. The molecule has 138 valence electrons. The summed E-state index contributed by atoms with van der Waals surface area (Å²) in [5.74, 6) is 0.197. The first kappa shape index (κ1) is 19.2. The predicted molar refractivity (Wildman–Crippen MR) is 84.6 cm³/mol. The molecule has 1 atom stereocenters. The van der Waals surface area contributed by atoms with Gasteiger partial charge >= 0.3 is 6.55 Å². The lowest BCUT2D eigenvalue weighted by atomic mass is 10.1. The van der Waals surface area contributed by atoms with Gasteiger partial charge in [0.2, 0.25) is 10.0 Å². The van der Waals surface area contributed by atoms with Gasteiger partial charge in [0.15, 0.2) is 0 Å². The van der Waals surface area contributed by atoms with Crippen molar-refractivity contribution in [2.45, 2.75) is 31.7 Å². The zero-order chi connectivity index (χ0) is 17.9. The fourth-order valence-electron chi connectivity index (χ4n) is 3.03. The number of ether oxygens (including phenoxy) is 1. The average Bonchev–Trinajstić information content (AvgIpc) is 3.07. The van der Waals surface area contributed by atoms with Gasteiger partial charge in [0.25, 0.3) is 0 Å². The third-order valence-electron chi connectivity index (χ3n) is 4.26. The molecule has 0 amide bonds. The first-order valence-corrected chi connectivity index (χ1v) is 9.29. The summed E-state index contributed by atoms with van der Waals surface area (Å²) in [6, 6.07) is 0. The molecular weight excluding hydrogens is 342 g/mol. The molecule has 0 aromatic carbocycles. The maximum Gasteiger partial charge on any atom is 0.333 e. The van der Waals surface area contributed by atoms with Gasteiger partial charge < -0.3 is 9.64 Å². The number of methoxy groups -OCH3 is 1. The van der Waals surface area contributed by atoms with Crippen molar-refractivity contribution in [2.75, 3.05) is 39.9 Å². The van der Waals surface area contributed by atoms with Gasteiger partial charge in [-0.15, -0.1) is 0 Å². The number of hydrogen-bond acceptors (Lipinski definition) is 5. The van der Waals surface area contributed by atoms with E-state index in [4.69, 9.17) is 4.74 Å². The molecule has 0 radical (unpaired) electrons. The lowest BCUT2D eigenvalue weighted by Gasteiger charge is -2.15. The van der Waals surface area contributed by atoms with Gasteiger partial charge in [-0.25, -0.2) is 17.8 Å². The molecule has 1 aliphatic heterocycles.